The Bertz CT molecular complexity index is 1080. The van der Waals surface area contributed by atoms with Gasteiger partial charge in [0.2, 0.25) is 5.91 Å². The predicted octanol–water partition coefficient (Wildman–Crippen LogP) is 2.01. The van der Waals surface area contributed by atoms with Crippen molar-refractivity contribution in [1.82, 2.24) is 24.7 Å². The largest absolute Gasteiger partial charge is 0.497 e. The number of carbonyl (C=O) groups excluding carboxylic acids is 1. The third-order valence-corrected chi connectivity index (χ3v) is 6.36. The molecule has 2 aromatic heterocycles. The van der Waals surface area contributed by atoms with Gasteiger partial charge in [0.1, 0.15) is 11.6 Å². The van der Waals surface area contributed by atoms with Gasteiger partial charge in [0.15, 0.2) is 11.5 Å². The van der Waals surface area contributed by atoms with Crippen LogP contribution < -0.4 is 14.5 Å². The van der Waals surface area contributed by atoms with E-state index in [0.717, 1.165) is 69.5 Å². The van der Waals surface area contributed by atoms with Gasteiger partial charge in [-0.05, 0) is 37.1 Å². The highest BCUT2D eigenvalue weighted by Gasteiger charge is 2.21. The summed E-state index contributed by atoms with van der Waals surface area (Å²) in [6.07, 6.45) is 3.22. The SMILES string of the molecule is COc1cccc(N2CCN(c3ccc4nnc(CCC(=O)N5CCCC5)n4n3)CC2)c1. The van der Waals surface area contributed by atoms with E-state index in [4.69, 9.17) is 9.84 Å². The minimum absolute atomic E-state index is 0.198. The number of ether oxygens (including phenoxy) is 1. The maximum atomic E-state index is 12.4. The van der Waals surface area contributed by atoms with Gasteiger partial charge >= 0.3 is 0 Å². The van der Waals surface area contributed by atoms with Crippen LogP contribution >= 0.6 is 0 Å². The second-order valence-electron chi connectivity index (χ2n) is 8.34. The topological polar surface area (TPSA) is 79.1 Å². The molecule has 2 aliphatic heterocycles. The number of hydrogen-bond donors (Lipinski definition) is 0. The first-order valence-corrected chi connectivity index (χ1v) is 11.3. The molecule has 2 saturated heterocycles. The molecule has 0 aliphatic carbocycles. The molecule has 0 spiro atoms. The molecule has 0 N–H and O–H groups in total. The highest BCUT2D eigenvalue weighted by atomic mass is 16.5. The van der Waals surface area contributed by atoms with E-state index in [1.165, 1.54) is 5.69 Å². The van der Waals surface area contributed by atoms with Crippen LogP contribution in [-0.4, -0.2) is 77.0 Å². The Balaban J connectivity index is 1.25. The molecular weight excluding hydrogens is 406 g/mol. The lowest BCUT2D eigenvalue weighted by Crippen LogP contribution is -2.47. The molecule has 168 valence electrons. The first-order valence-electron chi connectivity index (χ1n) is 11.3. The number of hydrogen-bond acceptors (Lipinski definition) is 7. The van der Waals surface area contributed by atoms with Crippen LogP contribution in [0.4, 0.5) is 11.5 Å². The van der Waals surface area contributed by atoms with Crippen LogP contribution in [0.25, 0.3) is 5.65 Å². The van der Waals surface area contributed by atoms with Crippen LogP contribution in [0.15, 0.2) is 36.4 Å². The third kappa shape index (κ3) is 4.19. The lowest BCUT2D eigenvalue weighted by molar-refractivity contribution is -0.130. The van der Waals surface area contributed by atoms with Crippen molar-refractivity contribution in [3.8, 4) is 5.75 Å². The minimum Gasteiger partial charge on any atom is -0.497 e. The van der Waals surface area contributed by atoms with Gasteiger partial charge in [-0.1, -0.05) is 6.07 Å². The van der Waals surface area contributed by atoms with Gasteiger partial charge in [0, 0.05) is 63.9 Å². The van der Waals surface area contributed by atoms with E-state index in [-0.39, 0.29) is 5.91 Å². The van der Waals surface area contributed by atoms with Crippen molar-refractivity contribution >= 4 is 23.1 Å². The molecule has 0 radical (unpaired) electrons. The lowest BCUT2D eigenvalue weighted by atomic mass is 10.2. The molecule has 4 heterocycles. The molecule has 2 fully saturated rings. The molecule has 32 heavy (non-hydrogen) atoms. The Morgan fingerprint density at radius 1 is 0.969 bits per heavy atom. The van der Waals surface area contributed by atoms with E-state index in [2.05, 4.69) is 32.1 Å². The Morgan fingerprint density at radius 3 is 2.53 bits per heavy atom. The predicted molar refractivity (Wildman–Crippen MR) is 122 cm³/mol. The van der Waals surface area contributed by atoms with E-state index in [1.54, 1.807) is 11.6 Å². The average molecular weight is 436 g/mol. The second-order valence-corrected chi connectivity index (χ2v) is 8.34. The summed E-state index contributed by atoms with van der Waals surface area (Å²) in [6.45, 7) is 5.33. The molecule has 3 aromatic rings. The maximum absolute atomic E-state index is 12.4. The molecule has 1 aromatic carbocycles. The summed E-state index contributed by atoms with van der Waals surface area (Å²) < 4.78 is 7.15. The zero-order valence-corrected chi connectivity index (χ0v) is 18.5. The monoisotopic (exact) mass is 435 g/mol. The van der Waals surface area contributed by atoms with Crippen molar-refractivity contribution in [3.05, 3.63) is 42.2 Å². The van der Waals surface area contributed by atoms with Crippen molar-refractivity contribution in [2.75, 3.05) is 56.2 Å². The Morgan fingerprint density at radius 2 is 1.75 bits per heavy atom. The molecular formula is C23H29N7O2. The molecule has 0 bridgehead atoms. The summed E-state index contributed by atoms with van der Waals surface area (Å²) in [5.74, 6) is 2.73. The van der Waals surface area contributed by atoms with Gasteiger partial charge in [-0.3, -0.25) is 4.79 Å². The van der Waals surface area contributed by atoms with Crippen LogP contribution in [-0.2, 0) is 11.2 Å². The summed E-state index contributed by atoms with van der Waals surface area (Å²) in [7, 11) is 1.69. The van der Waals surface area contributed by atoms with Gasteiger partial charge in [-0.15, -0.1) is 15.3 Å². The molecule has 0 saturated carbocycles. The first kappa shape index (κ1) is 20.5. The molecule has 9 nitrogen and oxygen atoms in total. The van der Waals surface area contributed by atoms with Crippen LogP contribution in [0.1, 0.15) is 25.1 Å². The standard InChI is InChI=1S/C23H29N7O2/c1-32-19-6-4-5-18(17-19)27-13-15-28(16-14-27)22-8-7-20-24-25-21(30(20)26-22)9-10-23(31)29-11-2-3-12-29/h4-8,17H,2-3,9-16H2,1H3. The van der Waals surface area contributed by atoms with Crippen molar-refractivity contribution < 1.29 is 9.53 Å². The average Bonchev–Trinajstić information content (AvgIpc) is 3.53. The zero-order chi connectivity index (χ0) is 21.9. The van der Waals surface area contributed by atoms with Crippen molar-refractivity contribution in [3.63, 3.8) is 0 Å². The number of aromatic nitrogens is 4. The number of rotatable bonds is 6. The van der Waals surface area contributed by atoms with E-state index in [1.807, 2.05) is 29.2 Å². The van der Waals surface area contributed by atoms with E-state index < -0.39 is 0 Å². The number of anilines is 2. The highest BCUT2D eigenvalue weighted by molar-refractivity contribution is 5.76. The fraction of sp³-hybridized carbons (Fsp3) is 0.478. The molecule has 0 atom stereocenters. The van der Waals surface area contributed by atoms with E-state index >= 15 is 0 Å². The number of fused-ring (bicyclic) bond motifs is 1. The molecule has 5 rings (SSSR count). The Labute approximate surface area is 187 Å². The van der Waals surface area contributed by atoms with Gasteiger partial charge in [-0.25, -0.2) is 0 Å². The summed E-state index contributed by atoms with van der Waals surface area (Å²) >= 11 is 0. The number of likely N-dealkylation sites (tertiary alicyclic amines) is 1. The molecule has 0 unspecified atom stereocenters. The highest BCUT2D eigenvalue weighted by Crippen LogP contribution is 2.23. The zero-order valence-electron chi connectivity index (χ0n) is 18.5. The first-order chi connectivity index (χ1) is 15.7. The number of benzene rings is 1. The lowest BCUT2D eigenvalue weighted by Gasteiger charge is -2.36. The number of nitrogens with zero attached hydrogens (tertiary/aromatic N) is 7. The number of amides is 1. The normalized spacial score (nSPS) is 16.7. The Hall–Kier alpha value is -3.36. The second kappa shape index (κ2) is 9.02. The smallest absolute Gasteiger partial charge is 0.223 e. The van der Waals surface area contributed by atoms with Crippen molar-refractivity contribution in [2.24, 2.45) is 0 Å². The summed E-state index contributed by atoms with van der Waals surface area (Å²) in [6, 6.07) is 12.1. The van der Waals surface area contributed by atoms with E-state index in [9.17, 15) is 4.79 Å². The van der Waals surface area contributed by atoms with Gasteiger partial charge in [-0.2, -0.15) is 4.52 Å². The number of aryl methyl sites for hydroxylation is 1. The molecule has 2 aliphatic rings. The minimum atomic E-state index is 0.198. The van der Waals surface area contributed by atoms with Gasteiger partial charge in [0.05, 0.1) is 7.11 Å². The van der Waals surface area contributed by atoms with E-state index in [0.29, 0.717) is 18.5 Å². The number of methoxy groups -OCH3 is 1. The maximum Gasteiger partial charge on any atom is 0.223 e. The number of carbonyl (C=O) groups is 1. The fourth-order valence-electron chi connectivity index (χ4n) is 4.49. The van der Waals surface area contributed by atoms with Crippen LogP contribution in [0.3, 0.4) is 0 Å². The summed E-state index contributed by atoms with van der Waals surface area (Å²) in [4.78, 5) is 19.0. The van der Waals surface area contributed by atoms with Crippen molar-refractivity contribution in [2.45, 2.75) is 25.7 Å². The van der Waals surface area contributed by atoms with Crippen molar-refractivity contribution in [1.29, 1.82) is 0 Å². The van der Waals surface area contributed by atoms with Gasteiger partial charge < -0.3 is 19.4 Å². The quantitative estimate of drug-likeness (QED) is 0.586. The van der Waals surface area contributed by atoms with Crippen LogP contribution in [0, 0.1) is 0 Å². The summed E-state index contributed by atoms with van der Waals surface area (Å²) in [5, 5.41) is 13.3. The molecule has 9 heteroatoms. The Kier molecular flexibility index (Phi) is 5.79. The fourth-order valence-corrected chi connectivity index (χ4v) is 4.49. The number of piperazine rings is 1. The molecule has 1 amide bonds. The summed E-state index contributed by atoms with van der Waals surface area (Å²) in [5.41, 5.74) is 1.89. The third-order valence-electron chi connectivity index (χ3n) is 6.36. The van der Waals surface area contributed by atoms with Gasteiger partial charge in [0.25, 0.3) is 0 Å². The van der Waals surface area contributed by atoms with Crippen LogP contribution in [0.2, 0.25) is 0 Å². The van der Waals surface area contributed by atoms with Crippen LogP contribution in [0.5, 0.6) is 5.75 Å².